The maximum Gasteiger partial charge on any atom is 0 e. The first kappa shape index (κ1) is 5.91. The van der Waals surface area contributed by atoms with Gasteiger partial charge in [-0.25, -0.2) is 0 Å². The van der Waals surface area contributed by atoms with E-state index < -0.39 is 0 Å². The standard InChI is InChI=1S/C3H3P.Na/c1-2-4-3-1;/h1-3H;. The van der Waals surface area contributed by atoms with E-state index in [1.807, 2.05) is 6.08 Å². The van der Waals surface area contributed by atoms with Crippen LogP contribution in [0.4, 0.5) is 0 Å². The minimum absolute atomic E-state index is 0. The van der Waals surface area contributed by atoms with Gasteiger partial charge in [-0.15, -0.1) is 0 Å². The Labute approximate surface area is 55.4 Å². The summed E-state index contributed by atoms with van der Waals surface area (Å²) in [5, 5.41) is 0. The first-order valence-electron chi connectivity index (χ1n) is 1.18. The second-order valence-electron chi connectivity index (χ2n) is 0.640. The van der Waals surface area contributed by atoms with Gasteiger partial charge in [0.25, 0.3) is 0 Å². The van der Waals surface area contributed by atoms with Crippen molar-refractivity contribution in [2.45, 2.75) is 0 Å². The molecule has 0 unspecified atom stereocenters. The molecule has 0 saturated heterocycles. The van der Waals surface area contributed by atoms with Crippen LogP contribution in [0.1, 0.15) is 0 Å². The number of allylic oxidation sites excluding steroid dienone is 1. The van der Waals surface area contributed by atoms with E-state index in [1.54, 1.807) is 0 Å². The molecule has 1 aliphatic heterocycles. The van der Waals surface area contributed by atoms with E-state index in [0.29, 0.717) is 0 Å². The third kappa shape index (κ3) is 1.72. The second kappa shape index (κ2) is 3.11. The number of hydrogen-bond acceptors (Lipinski definition) is 0. The zero-order valence-corrected chi connectivity index (χ0v) is 6.07. The summed E-state index contributed by atoms with van der Waals surface area (Å²) >= 11 is 0. The van der Waals surface area contributed by atoms with Crippen LogP contribution in [0.2, 0.25) is 0 Å². The fraction of sp³-hybridized carbons (Fsp3) is 0. The molecule has 0 N–H and O–H groups in total. The van der Waals surface area contributed by atoms with Crippen LogP contribution >= 0.6 is 8.20 Å². The molecule has 0 atom stereocenters. The van der Waals surface area contributed by atoms with Gasteiger partial charge in [-0.05, 0) is 11.6 Å². The van der Waals surface area contributed by atoms with Gasteiger partial charge in [-0.2, -0.15) is 0 Å². The molecule has 0 aromatic heterocycles. The van der Waals surface area contributed by atoms with Crippen LogP contribution < -0.4 is 0 Å². The van der Waals surface area contributed by atoms with Crippen LogP contribution in [0.15, 0.2) is 11.9 Å². The van der Waals surface area contributed by atoms with Crippen molar-refractivity contribution in [1.82, 2.24) is 0 Å². The van der Waals surface area contributed by atoms with E-state index in [-0.39, 0.29) is 29.6 Å². The summed E-state index contributed by atoms with van der Waals surface area (Å²) in [4.78, 5) is 0. The minimum Gasteiger partial charge on any atom is -0.0765 e. The Balaban J connectivity index is 0.000000160. The van der Waals surface area contributed by atoms with Gasteiger partial charge in [0, 0.05) is 29.6 Å². The van der Waals surface area contributed by atoms with E-state index in [1.165, 1.54) is 8.20 Å². The fourth-order valence-electron chi connectivity index (χ4n) is 0.0861. The summed E-state index contributed by atoms with van der Waals surface area (Å²) in [5.74, 6) is 4.19. The van der Waals surface area contributed by atoms with Gasteiger partial charge < -0.3 is 0 Å². The molecule has 1 heterocycles. The van der Waals surface area contributed by atoms with Crippen LogP contribution in [0.3, 0.4) is 0 Å². The number of hydrogen-bond donors (Lipinski definition) is 0. The molecular weight excluding hydrogens is 90.0 g/mol. The topological polar surface area (TPSA) is 0 Å². The molecule has 1 rings (SSSR count). The van der Waals surface area contributed by atoms with Crippen molar-refractivity contribution in [3.8, 4) is 0 Å². The Morgan fingerprint density at radius 2 is 1.60 bits per heavy atom. The molecule has 0 nitrogen and oxygen atoms in total. The third-order valence-corrected chi connectivity index (χ3v) is 1.03. The average molecular weight is 93.0 g/mol. The van der Waals surface area contributed by atoms with E-state index in [4.69, 9.17) is 0 Å². The largest absolute Gasteiger partial charge is 0.0765 e. The molecule has 0 spiro atoms. The van der Waals surface area contributed by atoms with Crippen LogP contribution in [-0.4, -0.2) is 35.4 Å². The molecule has 0 amide bonds. The third-order valence-electron chi connectivity index (χ3n) is 0.344. The van der Waals surface area contributed by atoms with Gasteiger partial charge in [0.2, 0.25) is 0 Å². The average Bonchev–Trinajstić information content (AvgIpc) is 0.722. The Kier molecular flexibility index (Phi) is 3.68. The van der Waals surface area contributed by atoms with Crippen LogP contribution in [0, 0.1) is 0 Å². The molecule has 1 aliphatic rings. The fourth-order valence-corrected chi connectivity index (χ4v) is 0.258. The maximum atomic E-state index is 2.10. The molecule has 0 aromatic carbocycles. The number of rotatable bonds is 0. The van der Waals surface area contributed by atoms with E-state index in [2.05, 4.69) is 11.6 Å². The molecule has 2 heteroatoms. The summed E-state index contributed by atoms with van der Waals surface area (Å²) in [7, 11) is 1.37. The first-order chi connectivity index (χ1) is 2.00. The molecule has 1 radical (unpaired) electrons. The quantitative estimate of drug-likeness (QED) is 0.308. The van der Waals surface area contributed by atoms with Gasteiger partial charge in [0.1, 0.15) is 0 Å². The van der Waals surface area contributed by atoms with Gasteiger partial charge in [-0.1, -0.05) is 14.3 Å². The Morgan fingerprint density at radius 1 is 1.40 bits per heavy atom. The molecule has 5 heavy (non-hydrogen) atoms. The Bertz CT molecular complexity index is 47.3. The predicted octanol–water partition coefficient (Wildman–Crippen LogP) is 0.881. The molecule has 0 fully saturated rings. The maximum absolute atomic E-state index is 2.10. The minimum atomic E-state index is 0. The van der Waals surface area contributed by atoms with Crippen molar-refractivity contribution in [3.05, 3.63) is 11.9 Å². The van der Waals surface area contributed by atoms with Gasteiger partial charge in [0.15, 0.2) is 0 Å². The summed E-state index contributed by atoms with van der Waals surface area (Å²) in [6.45, 7) is 0. The van der Waals surface area contributed by atoms with E-state index in [9.17, 15) is 0 Å². The summed E-state index contributed by atoms with van der Waals surface area (Å²) < 4.78 is 0. The monoisotopic (exact) mass is 93.0 g/mol. The molecule has 0 saturated carbocycles. The Hall–Kier alpha value is 0.910. The molecule has 0 bridgehead atoms. The Morgan fingerprint density at radius 3 is 1.60 bits per heavy atom. The summed E-state index contributed by atoms with van der Waals surface area (Å²) in [6.07, 6.45) is 2.04. The van der Waals surface area contributed by atoms with Crippen molar-refractivity contribution in [2.24, 2.45) is 0 Å². The molecule has 21 valence electrons. The van der Waals surface area contributed by atoms with E-state index >= 15 is 0 Å². The van der Waals surface area contributed by atoms with Crippen LogP contribution in [0.5, 0.6) is 0 Å². The van der Waals surface area contributed by atoms with Crippen molar-refractivity contribution < 1.29 is 0 Å². The van der Waals surface area contributed by atoms with Gasteiger partial charge >= 0.3 is 0 Å². The van der Waals surface area contributed by atoms with Crippen molar-refractivity contribution in [1.29, 1.82) is 0 Å². The zero-order valence-electron chi connectivity index (χ0n) is 3.18. The van der Waals surface area contributed by atoms with Crippen LogP contribution in [0.25, 0.3) is 0 Å². The van der Waals surface area contributed by atoms with Crippen LogP contribution in [-0.2, 0) is 0 Å². The zero-order chi connectivity index (χ0) is 2.83. The van der Waals surface area contributed by atoms with Crippen molar-refractivity contribution in [3.63, 3.8) is 0 Å². The normalized spacial score (nSPS) is 16.0. The molecular formula is C3H3NaP. The summed E-state index contributed by atoms with van der Waals surface area (Å²) in [5.41, 5.74) is 0. The first-order valence-corrected chi connectivity index (χ1v) is 2.22. The smallest absolute Gasteiger partial charge is 0 e. The van der Waals surface area contributed by atoms with Crippen molar-refractivity contribution in [2.75, 3.05) is 0 Å². The SMILES string of the molecule is C1=CP=C1.[Na]. The van der Waals surface area contributed by atoms with Crippen molar-refractivity contribution >= 4 is 43.6 Å². The molecule has 0 aromatic rings. The second-order valence-corrected chi connectivity index (χ2v) is 1.53. The predicted molar refractivity (Wildman–Crippen MR) is 27.9 cm³/mol. The molecule has 0 aliphatic carbocycles. The summed E-state index contributed by atoms with van der Waals surface area (Å²) in [6, 6.07) is 0. The van der Waals surface area contributed by atoms with Gasteiger partial charge in [0.05, 0.1) is 0 Å². The van der Waals surface area contributed by atoms with Gasteiger partial charge in [-0.3, -0.25) is 0 Å². The van der Waals surface area contributed by atoms with E-state index in [0.717, 1.165) is 0 Å².